The van der Waals surface area contributed by atoms with Gasteiger partial charge in [-0.15, -0.1) is 0 Å². The van der Waals surface area contributed by atoms with E-state index in [2.05, 4.69) is 23.9 Å². The van der Waals surface area contributed by atoms with Crippen molar-refractivity contribution in [3.05, 3.63) is 102 Å². The van der Waals surface area contributed by atoms with Gasteiger partial charge in [-0.25, -0.2) is 14.5 Å². The molecule has 0 saturated carbocycles. The van der Waals surface area contributed by atoms with E-state index in [9.17, 15) is 5.11 Å². The normalized spacial score (nSPS) is 10.9. The molecule has 0 spiro atoms. The Labute approximate surface area is 192 Å². The zero-order valence-electron chi connectivity index (χ0n) is 18.4. The van der Waals surface area contributed by atoms with Crippen LogP contribution in [0.25, 0.3) is 44.0 Å². The van der Waals surface area contributed by atoms with Crippen LogP contribution in [0, 0.1) is 13.5 Å². The molecule has 0 amide bonds. The van der Waals surface area contributed by atoms with Gasteiger partial charge in [0.1, 0.15) is 5.75 Å². The summed E-state index contributed by atoms with van der Waals surface area (Å²) in [6.45, 7) is 12.1. The van der Waals surface area contributed by atoms with E-state index in [1.54, 1.807) is 12.1 Å². The number of phenolic OH excluding ortho intramolecular Hbond substituents is 1. The number of rotatable bonds is 4. The number of phenols is 1. The molecule has 2 heterocycles. The molecule has 0 aliphatic rings. The average molecular weight is 431 g/mol. The molecular weight excluding hydrogens is 408 g/mol. The van der Waals surface area contributed by atoms with E-state index in [-0.39, 0.29) is 5.75 Å². The highest BCUT2D eigenvalue weighted by molar-refractivity contribution is 6.07. The first-order chi connectivity index (χ1) is 16.1. The van der Waals surface area contributed by atoms with Crippen LogP contribution in [0.2, 0.25) is 0 Å². The lowest BCUT2D eigenvalue weighted by Crippen LogP contribution is -1.99. The Bertz CT molecular complexity index is 1510. The number of nitrogens with zero attached hydrogens (tertiary/aromatic N) is 4. The molecule has 5 nitrogen and oxygen atoms in total. The number of aromatic hydroxyl groups is 1. The fourth-order valence-corrected chi connectivity index (χ4v) is 4.21. The number of para-hydroxylation sites is 2. The lowest BCUT2D eigenvalue weighted by Gasteiger charge is -2.14. The van der Waals surface area contributed by atoms with Crippen LogP contribution < -0.4 is 0 Å². The van der Waals surface area contributed by atoms with E-state index < -0.39 is 0 Å². The van der Waals surface area contributed by atoms with Gasteiger partial charge in [0, 0.05) is 16.5 Å². The van der Waals surface area contributed by atoms with Crippen molar-refractivity contribution in [2.45, 2.75) is 20.3 Å². The van der Waals surface area contributed by atoms with Gasteiger partial charge in [0.05, 0.1) is 23.6 Å². The minimum Gasteiger partial charge on any atom is -0.507 e. The van der Waals surface area contributed by atoms with E-state index >= 15 is 0 Å². The molecule has 5 aromatic rings. The van der Waals surface area contributed by atoms with Crippen molar-refractivity contribution in [1.29, 1.82) is 0 Å². The SMILES string of the molecule is [C-]#[N+]c1c(-c2ccc(CC)cc2)nc2c(c(C)nn2-c2ccccc2)c1-c1ccccc1O. The fourth-order valence-electron chi connectivity index (χ4n) is 4.21. The Kier molecular flexibility index (Phi) is 5.12. The molecule has 0 atom stereocenters. The fraction of sp³-hybridized carbons (Fsp3) is 0.107. The van der Waals surface area contributed by atoms with Crippen molar-refractivity contribution in [3.8, 4) is 33.8 Å². The molecule has 33 heavy (non-hydrogen) atoms. The second kappa shape index (κ2) is 8.25. The second-order valence-corrected chi connectivity index (χ2v) is 7.89. The standard InChI is InChI=1S/C28H22N4O/c1-4-19-14-16-20(17-15-19)26-27(29-3)25(22-12-8-9-13-23(22)33)24-18(2)31-32(28(24)30-26)21-10-6-5-7-11-21/h5-17,33H,4H2,1-2H3. The maximum Gasteiger partial charge on any atom is 0.221 e. The van der Waals surface area contributed by atoms with Crippen LogP contribution in [0.15, 0.2) is 78.9 Å². The van der Waals surface area contributed by atoms with Crippen molar-refractivity contribution < 1.29 is 5.11 Å². The average Bonchev–Trinajstić information content (AvgIpc) is 3.20. The molecule has 2 aromatic heterocycles. The molecule has 0 aliphatic heterocycles. The van der Waals surface area contributed by atoms with Gasteiger partial charge >= 0.3 is 0 Å². The minimum absolute atomic E-state index is 0.119. The van der Waals surface area contributed by atoms with Gasteiger partial charge in [0.2, 0.25) is 5.69 Å². The molecule has 5 rings (SSSR count). The van der Waals surface area contributed by atoms with Crippen molar-refractivity contribution in [2.24, 2.45) is 0 Å². The van der Waals surface area contributed by atoms with Gasteiger partial charge < -0.3 is 5.11 Å². The van der Waals surface area contributed by atoms with E-state index in [0.717, 1.165) is 28.8 Å². The molecule has 0 aliphatic carbocycles. The van der Waals surface area contributed by atoms with Crippen LogP contribution in [0.4, 0.5) is 5.69 Å². The van der Waals surface area contributed by atoms with Crippen molar-refractivity contribution >= 4 is 16.7 Å². The molecule has 1 N–H and O–H groups in total. The molecule has 0 saturated heterocycles. The summed E-state index contributed by atoms with van der Waals surface area (Å²) in [6, 6.07) is 25.1. The molecule has 160 valence electrons. The molecule has 0 bridgehead atoms. The summed E-state index contributed by atoms with van der Waals surface area (Å²) in [5, 5.41) is 16.3. The zero-order chi connectivity index (χ0) is 22.9. The maximum atomic E-state index is 10.7. The van der Waals surface area contributed by atoms with Gasteiger partial charge in [0.15, 0.2) is 5.65 Å². The Morgan fingerprint density at radius 3 is 2.30 bits per heavy atom. The second-order valence-electron chi connectivity index (χ2n) is 7.89. The first-order valence-corrected chi connectivity index (χ1v) is 10.9. The number of hydrogen-bond donors (Lipinski definition) is 1. The van der Waals surface area contributed by atoms with Gasteiger partial charge in [-0.05, 0) is 42.7 Å². The number of benzene rings is 3. The van der Waals surface area contributed by atoms with E-state index in [4.69, 9.17) is 16.7 Å². The third kappa shape index (κ3) is 3.42. The smallest absolute Gasteiger partial charge is 0.221 e. The lowest BCUT2D eigenvalue weighted by atomic mass is 9.95. The van der Waals surface area contributed by atoms with Crippen molar-refractivity contribution in [1.82, 2.24) is 14.8 Å². The van der Waals surface area contributed by atoms with Crippen LogP contribution >= 0.6 is 0 Å². The topological polar surface area (TPSA) is 55.3 Å². The number of hydrogen-bond acceptors (Lipinski definition) is 3. The van der Waals surface area contributed by atoms with Gasteiger partial charge in [0.25, 0.3) is 0 Å². The summed E-state index contributed by atoms with van der Waals surface area (Å²) in [6.07, 6.45) is 0.936. The van der Waals surface area contributed by atoms with Crippen LogP contribution in [0.3, 0.4) is 0 Å². The number of fused-ring (bicyclic) bond motifs is 1. The van der Waals surface area contributed by atoms with Gasteiger partial charge in [-0.2, -0.15) is 5.10 Å². The minimum atomic E-state index is 0.119. The van der Waals surface area contributed by atoms with Crippen LogP contribution in [0.1, 0.15) is 18.2 Å². The van der Waals surface area contributed by atoms with E-state index in [1.807, 2.05) is 66.2 Å². The molecular formula is C28H22N4O. The first-order valence-electron chi connectivity index (χ1n) is 10.9. The van der Waals surface area contributed by atoms with Crippen molar-refractivity contribution in [3.63, 3.8) is 0 Å². The highest BCUT2D eigenvalue weighted by Gasteiger charge is 2.24. The summed E-state index contributed by atoms with van der Waals surface area (Å²) in [5.74, 6) is 0.119. The highest BCUT2D eigenvalue weighted by atomic mass is 16.3. The Hall–Kier alpha value is -4.43. The Morgan fingerprint density at radius 2 is 1.64 bits per heavy atom. The van der Waals surface area contributed by atoms with Crippen molar-refractivity contribution in [2.75, 3.05) is 0 Å². The van der Waals surface area contributed by atoms with Crippen LogP contribution in [-0.2, 0) is 6.42 Å². The third-order valence-electron chi connectivity index (χ3n) is 5.89. The number of pyridine rings is 1. The van der Waals surface area contributed by atoms with Gasteiger partial charge in [-0.1, -0.05) is 67.6 Å². The monoisotopic (exact) mass is 430 g/mol. The predicted octanol–water partition coefficient (Wildman–Crippen LogP) is 6.88. The summed E-state index contributed by atoms with van der Waals surface area (Å²) in [7, 11) is 0. The Balaban J connectivity index is 1.93. The molecule has 0 radical (unpaired) electrons. The summed E-state index contributed by atoms with van der Waals surface area (Å²) < 4.78 is 1.81. The van der Waals surface area contributed by atoms with E-state index in [1.165, 1.54) is 5.56 Å². The summed E-state index contributed by atoms with van der Waals surface area (Å²) in [4.78, 5) is 8.91. The molecule has 5 heteroatoms. The zero-order valence-corrected chi connectivity index (χ0v) is 18.4. The Morgan fingerprint density at radius 1 is 0.939 bits per heavy atom. The summed E-state index contributed by atoms with van der Waals surface area (Å²) >= 11 is 0. The molecule has 0 unspecified atom stereocenters. The quantitative estimate of drug-likeness (QED) is 0.316. The maximum absolute atomic E-state index is 10.7. The predicted molar refractivity (Wildman–Crippen MR) is 132 cm³/mol. The lowest BCUT2D eigenvalue weighted by molar-refractivity contribution is 0.477. The number of aryl methyl sites for hydroxylation is 2. The van der Waals surface area contributed by atoms with Crippen LogP contribution in [0.5, 0.6) is 5.75 Å². The first kappa shape index (κ1) is 20.5. The highest BCUT2D eigenvalue weighted by Crippen LogP contribution is 2.46. The number of aromatic nitrogens is 3. The third-order valence-corrected chi connectivity index (χ3v) is 5.89. The largest absolute Gasteiger partial charge is 0.507 e. The van der Waals surface area contributed by atoms with Gasteiger partial charge in [-0.3, -0.25) is 0 Å². The molecule has 3 aromatic carbocycles. The molecule has 0 fully saturated rings. The summed E-state index contributed by atoms with van der Waals surface area (Å²) in [5.41, 5.74) is 6.59. The van der Waals surface area contributed by atoms with E-state index in [0.29, 0.717) is 28.2 Å². The van der Waals surface area contributed by atoms with Crippen LogP contribution in [-0.4, -0.2) is 19.9 Å².